The van der Waals surface area contributed by atoms with Crippen LogP contribution in [0.2, 0.25) is 0 Å². The van der Waals surface area contributed by atoms with Gasteiger partial charge in [-0.25, -0.2) is 12.8 Å². The van der Waals surface area contributed by atoms with E-state index >= 15 is 0 Å². The number of halogens is 2. The smallest absolute Gasteiger partial charge is 0.184 e. The molecule has 0 saturated heterocycles. The quantitative estimate of drug-likeness (QED) is 0.497. The van der Waals surface area contributed by atoms with Crippen LogP contribution in [0.15, 0.2) is 47.4 Å². The molecule has 0 saturated carbocycles. The molecule has 0 spiro atoms. The molecule has 100 valence electrons. The molecule has 0 unspecified atom stereocenters. The highest BCUT2D eigenvalue weighted by Crippen LogP contribution is 2.23. The predicted octanol–water partition coefficient (Wildman–Crippen LogP) is 2.99. The highest BCUT2D eigenvalue weighted by molar-refractivity contribution is 14.1. The first kappa shape index (κ1) is 14.3. The van der Waals surface area contributed by atoms with Gasteiger partial charge in [-0.15, -0.1) is 0 Å². The zero-order valence-corrected chi connectivity index (χ0v) is 12.8. The third-order valence-corrected chi connectivity index (χ3v) is 5.05. The van der Waals surface area contributed by atoms with Crippen molar-refractivity contribution in [3.05, 3.63) is 57.4 Å². The van der Waals surface area contributed by atoms with Crippen LogP contribution in [0.5, 0.6) is 0 Å². The molecule has 0 aliphatic carbocycles. The molecule has 3 nitrogen and oxygen atoms in total. The van der Waals surface area contributed by atoms with Crippen LogP contribution in [0.25, 0.3) is 0 Å². The van der Waals surface area contributed by atoms with Crippen LogP contribution in [0.1, 0.15) is 5.56 Å². The van der Waals surface area contributed by atoms with Crippen LogP contribution in [0.4, 0.5) is 10.1 Å². The summed E-state index contributed by atoms with van der Waals surface area (Å²) in [6.45, 7) is 0. The standard InChI is InChI=1S/C13H11FINO2S/c14-10-3-6-13(12(16)7-10)19(17,18)8-9-1-4-11(15)5-2-9/h1-7H,8,16H2. The van der Waals surface area contributed by atoms with Crippen molar-refractivity contribution in [3.8, 4) is 0 Å². The lowest BCUT2D eigenvalue weighted by Gasteiger charge is -2.07. The molecule has 0 heterocycles. The van der Waals surface area contributed by atoms with Crippen molar-refractivity contribution in [2.24, 2.45) is 0 Å². The Labute approximate surface area is 124 Å². The summed E-state index contributed by atoms with van der Waals surface area (Å²) in [5, 5.41) is 0. The predicted molar refractivity (Wildman–Crippen MR) is 80.9 cm³/mol. The fourth-order valence-corrected chi connectivity index (χ4v) is 3.52. The van der Waals surface area contributed by atoms with Crippen molar-refractivity contribution in [2.45, 2.75) is 10.6 Å². The molecule has 0 aliphatic heterocycles. The maximum absolute atomic E-state index is 12.9. The minimum Gasteiger partial charge on any atom is -0.398 e. The summed E-state index contributed by atoms with van der Waals surface area (Å²) < 4.78 is 38.4. The third kappa shape index (κ3) is 3.44. The second-order valence-corrected chi connectivity index (χ2v) is 7.27. The maximum Gasteiger partial charge on any atom is 0.184 e. The van der Waals surface area contributed by atoms with Crippen LogP contribution in [0.3, 0.4) is 0 Å². The molecule has 2 aromatic rings. The first-order valence-electron chi connectivity index (χ1n) is 5.41. The minimum absolute atomic E-state index is 0.0348. The van der Waals surface area contributed by atoms with Crippen molar-refractivity contribution in [3.63, 3.8) is 0 Å². The minimum atomic E-state index is -3.57. The number of hydrogen-bond donors (Lipinski definition) is 1. The largest absolute Gasteiger partial charge is 0.398 e. The van der Waals surface area contributed by atoms with Gasteiger partial charge in [0.1, 0.15) is 5.82 Å². The molecule has 6 heteroatoms. The Kier molecular flexibility index (Phi) is 4.10. The van der Waals surface area contributed by atoms with E-state index in [1.54, 1.807) is 12.1 Å². The van der Waals surface area contributed by atoms with Gasteiger partial charge in [0.15, 0.2) is 9.84 Å². The van der Waals surface area contributed by atoms with E-state index in [2.05, 4.69) is 22.6 Å². The molecular weight excluding hydrogens is 380 g/mol. The van der Waals surface area contributed by atoms with E-state index in [0.29, 0.717) is 5.56 Å². The number of anilines is 1. The summed E-state index contributed by atoms with van der Waals surface area (Å²) in [4.78, 5) is -0.0348. The number of hydrogen-bond acceptors (Lipinski definition) is 3. The Bertz CT molecular complexity index is 699. The Morgan fingerprint density at radius 3 is 2.32 bits per heavy atom. The van der Waals surface area contributed by atoms with Crippen LogP contribution >= 0.6 is 22.6 Å². The summed E-state index contributed by atoms with van der Waals surface area (Å²) in [5.41, 5.74) is 6.17. The first-order chi connectivity index (χ1) is 8.88. The van der Waals surface area contributed by atoms with Crippen LogP contribution in [-0.2, 0) is 15.6 Å². The van der Waals surface area contributed by atoms with Gasteiger partial charge in [0, 0.05) is 3.57 Å². The normalized spacial score (nSPS) is 11.5. The monoisotopic (exact) mass is 391 g/mol. The van der Waals surface area contributed by atoms with Crippen molar-refractivity contribution >= 4 is 38.1 Å². The molecule has 0 amide bonds. The van der Waals surface area contributed by atoms with Crippen LogP contribution in [0, 0.1) is 9.39 Å². The number of nitrogens with two attached hydrogens (primary N) is 1. The van der Waals surface area contributed by atoms with E-state index in [0.717, 1.165) is 15.7 Å². The SMILES string of the molecule is Nc1cc(F)ccc1S(=O)(=O)Cc1ccc(I)cc1. The molecule has 0 fully saturated rings. The van der Waals surface area contributed by atoms with Gasteiger partial charge in [-0.1, -0.05) is 12.1 Å². The molecule has 2 aromatic carbocycles. The Hall–Kier alpha value is -1.15. The van der Waals surface area contributed by atoms with Gasteiger partial charge in [0.2, 0.25) is 0 Å². The fraction of sp³-hybridized carbons (Fsp3) is 0.0769. The molecule has 0 aliphatic rings. The molecule has 2 rings (SSSR count). The molecule has 0 bridgehead atoms. The van der Waals surface area contributed by atoms with Gasteiger partial charge in [-0.05, 0) is 58.5 Å². The van der Waals surface area contributed by atoms with Gasteiger partial charge >= 0.3 is 0 Å². The average molecular weight is 391 g/mol. The Morgan fingerprint density at radius 2 is 1.74 bits per heavy atom. The van der Waals surface area contributed by atoms with Gasteiger partial charge in [-0.2, -0.15) is 0 Å². The molecular formula is C13H11FINO2S. The van der Waals surface area contributed by atoms with Crippen molar-refractivity contribution < 1.29 is 12.8 Å². The summed E-state index contributed by atoms with van der Waals surface area (Å²) in [6.07, 6.45) is 0. The van der Waals surface area contributed by atoms with Gasteiger partial charge in [0.05, 0.1) is 16.3 Å². The van der Waals surface area contributed by atoms with E-state index in [4.69, 9.17) is 5.73 Å². The zero-order chi connectivity index (χ0) is 14.0. The molecule has 0 atom stereocenters. The van der Waals surface area contributed by atoms with Gasteiger partial charge < -0.3 is 5.73 Å². The summed E-state index contributed by atoms with van der Waals surface area (Å²) in [5.74, 6) is -0.703. The number of sulfone groups is 1. The number of benzene rings is 2. The van der Waals surface area contributed by atoms with Crippen molar-refractivity contribution in [2.75, 3.05) is 5.73 Å². The third-order valence-electron chi connectivity index (χ3n) is 2.58. The van der Waals surface area contributed by atoms with Crippen molar-refractivity contribution in [1.29, 1.82) is 0 Å². The maximum atomic E-state index is 12.9. The zero-order valence-electron chi connectivity index (χ0n) is 9.81. The van der Waals surface area contributed by atoms with Crippen LogP contribution in [-0.4, -0.2) is 8.42 Å². The molecule has 0 aromatic heterocycles. The van der Waals surface area contributed by atoms with Crippen LogP contribution < -0.4 is 5.73 Å². The van der Waals surface area contributed by atoms with Gasteiger partial charge in [0.25, 0.3) is 0 Å². The molecule has 0 radical (unpaired) electrons. The lowest BCUT2D eigenvalue weighted by molar-refractivity contribution is 0.594. The summed E-state index contributed by atoms with van der Waals surface area (Å²) in [7, 11) is -3.57. The number of nitrogen functional groups attached to an aromatic ring is 1. The van der Waals surface area contributed by atoms with Gasteiger partial charge in [-0.3, -0.25) is 0 Å². The molecule has 2 N–H and O–H groups in total. The average Bonchev–Trinajstić information content (AvgIpc) is 2.31. The first-order valence-corrected chi connectivity index (χ1v) is 8.14. The second-order valence-electron chi connectivity index (χ2n) is 4.07. The summed E-state index contributed by atoms with van der Waals surface area (Å²) >= 11 is 2.14. The summed E-state index contributed by atoms with van der Waals surface area (Å²) in [6, 6.07) is 10.5. The highest BCUT2D eigenvalue weighted by atomic mass is 127. The Morgan fingerprint density at radius 1 is 1.11 bits per heavy atom. The van der Waals surface area contributed by atoms with Crippen molar-refractivity contribution in [1.82, 2.24) is 0 Å². The lowest BCUT2D eigenvalue weighted by atomic mass is 10.2. The van der Waals surface area contributed by atoms with E-state index in [-0.39, 0.29) is 16.3 Å². The fourth-order valence-electron chi connectivity index (χ4n) is 1.68. The lowest BCUT2D eigenvalue weighted by Crippen LogP contribution is -2.08. The number of rotatable bonds is 3. The van der Waals surface area contributed by atoms with E-state index in [9.17, 15) is 12.8 Å². The van der Waals surface area contributed by atoms with E-state index < -0.39 is 15.7 Å². The van der Waals surface area contributed by atoms with E-state index in [1.165, 1.54) is 6.07 Å². The Balaban J connectivity index is 2.35. The molecule has 19 heavy (non-hydrogen) atoms. The highest BCUT2D eigenvalue weighted by Gasteiger charge is 2.18. The van der Waals surface area contributed by atoms with E-state index in [1.807, 2.05) is 12.1 Å². The second kappa shape index (κ2) is 5.46. The topological polar surface area (TPSA) is 60.2 Å².